The molecule has 0 spiro atoms. The zero-order chi connectivity index (χ0) is 11.1. The summed E-state index contributed by atoms with van der Waals surface area (Å²) in [5, 5.41) is 3.70. The second-order valence-electron chi connectivity index (χ2n) is 3.90. The lowest BCUT2D eigenvalue weighted by atomic mass is 9.94. The minimum absolute atomic E-state index is 0.660. The second-order valence-corrected chi connectivity index (χ2v) is 4.31. The van der Waals surface area contributed by atoms with Crippen molar-refractivity contribution in [2.75, 3.05) is 6.54 Å². The maximum Gasteiger partial charge on any atom is 0.185 e. The lowest BCUT2D eigenvalue weighted by molar-refractivity contribution is 0.580. The van der Waals surface area contributed by atoms with Crippen LogP contribution in [0.15, 0.2) is 11.3 Å². The Bertz CT molecular complexity index is 240. The second kappa shape index (κ2) is 6.67. The highest BCUT2D eigenvalue weighted by Gasteiger charge is 2.08. The summed E-state index contributed by atoms with van der Waals surface area (Å²) in [4.78, 5) is 0. The number of nitrogens with one attached hydrogen (secondary N) is 3. The molecule has 3 N–H and O–H groups in total. The van der Waals surface area contributed by atoms with Gasteiger partial charge in [-0.3, -0.25) is 5.43 Å². The molecule has 0 radical (unpaired) electrons. The molecule has 0 unspecified atom stereocenters. The molecule has 4 heteroatoms. The number of rotatable bonds is 3. The SMILES string of the molecule is CCNC(=S)NNC(C)=C1CCCCC1. The van der Waals surface area contributed by atoms with Crippen molar-refractivity contribution in [1.29, 1.82) is 0 Å². The lowest BCUT2D eigenvalue weighted by Gasteiger charge is -2.19. The average molecular weight is 227 g/mol. The van der Waals surface area contributed by atoms with Crippen molar-refractivity contribution in [2.45, 2.75) is 46.0 Å². The number of hydrogen-bond donors (Lipinski definition) is 3. The summed E-state index contributed by atoms with van der Waals surface area (Å²) in [5.41, 5.74) is 8.92. The number of hydrogen-bond acceptors (Lipinski definition) is 2. The van der Waals surface area contributed by atoms with Crippen molar-refractivity contribution in [1.82, 2.24) is 16.2 Å². The maximum absolute atomic E-state index is 5.07. The monoisotopic (exact) mass is 227 g/mol. The molecule has 1 fully saturated rings. The van der Waals surface area contributed by atoms with Gasteiger partial charge in [0.25, 0.3) is 0 Å². The summed E-state index contributed by atoms with van der Waals surface area (Å²) in [6.07, 6.45) is 6.49. The first kappa shape index (κ1) is 12.3. The van der Waals surface area contributed by atoms with E-state index in [2.05, 4.69) is 23.1 Å². The van der Waals surface area contributed by atoms with Crippen LogP contribution in [-0.4, -0.2) is 11.7 Å². The Hall–Kier alpha value is -0.770. The molecule has 0 saturated heterocycles. The molecule has 0 aromatic rings. The van der Waals surface area contributed by atoms with Crippen molar-refractivity contribution >= 4 is 17.3 Å². The van der Waals surface area contributed by atoms with Crippen LogP contribution < -0.4 is 16.2 Å². The minimum Gasteiger partial charge on any atom is -0.362 e. The van der Waals surface area contributed by atoms with Gasteiger partial charge in [0, 0.05) is 12.2 Å². The van der Waals surface area contributed by atoms with E-state index in [1.54, 1.807) is 0 Å². The Labute approximate surface area is 97.7 Å². The molecular formula is C11H21N3S. The first-order chi connectivity index (χ1) is 7.24. The van der Waals surface area contributed by atoms with E-state index >= 15 is 0 Å². The van der Waals surface area contributed by atoms with Gasteiger partial charge in [-0.2, -0.15) is 0 Å². The van der Waals surface area contributed by atoms with Crippen LogP contribution in [0.5, 0.6) is 0 Å². The molecule has 1 saturated carbocycles. The Morgan fingerprint density at radius 3 is 2.47 bits per heavy atom. The Morgan fingerprint density at radius 1 is 1.20 bits per heavy atom. The Morgan fingerprint density at radius 2 is 1.87 bits per heavy atom. The van der Waals surface area contributed by atoms with Gasteiger partial charge in [0.2, 0.25) is 0 Å². The Kier molecular flexibility index (Phi) is 5.47. The molecule has 86 valence electrons. The van der Waals surface area contributed by atoms with Crippen molar-refractivity contribution < 1.29 is 0 Å². The van der Waals surface area contributed by atoms with Crippen molar-refractivity contribution in [3.8, 4) is 0 Å². The fourth-order valence-corrected chi connectivity index (χ4v) is 1.99. The van der Waals surface area contributed by atoms with Gasteiger partial charge in [-0.15, -0.1) is 0 Å². The quantitative estimate of drug-likeness (QED) is 0.510. The highest BCUT2D eigenvalue weighted by molar-refractivity contribution is 7.80. The molecule has 0 aromatic heterocycles. The number of thiocarbonyl (C=S) groups is 1. The molecule has 0 heterocycles. The van der Waals surface area contributed by atoms with E-state index in [1.807, 2.05) is 6.92 Å². The smallest absolute Gasteiger partial charge is 0.185 e. The van der Waals surface area contributed by atoms with Gasteiger partial charge in [-0.05, 0) is 57.3 Å². The summed E-state index contributed by atoms with van der Waals surface area (Å²) in [5.74, 6) is 0. The van der Waals surface area contributed by atoms with Crippen LogP contribution in [0.25, 0.3) is 0 Å². The van der Waals surface area contributed by atoms with Crippen LogP contribution in [0.4, 0.5) is 0 Å². The molecule has 0 aliphatic heterocycles. The van der Waals surface area contributed by atoms with E-state index in [1.165, 1.54) is 43.4 Å². The molecule has 1 aliphatic rings. The predicted octanol–water partition coefficient (Wildman–Crippen LogP) is 2.21. The van der Waals surface area contributed by atoms with Crippen LogP contribution in [0.3, 0.4) is 0 Å². The van der Waals surface area contributed by atoms with Gasteiger partial charge in [-0.25, -0.2) is 0 Å². The fraction of sp³-hybridized carbons (Fsp3) is 0.727. The van der Waals surface area contributed by atoms with Gasteiger partial charge in [-0.1, -0.05) is 6.42 Å². The summed E-state index contributed by atoms with van der Waals surface area (Å²) >= 11 is 5.07. The maximum atomic E-state index is 5.07. The van der Waals surface area contributed by atoms with Crippen molar-refractivity contribution in [3.63, 3.8) is 0 Å². The van der Waals surface area contributed by atoms with Crippen LogP contribution in [0, 0.1) is 0 Å². The predicted molar refractivity (Wildman–Crippen MR) is 68.3 cm³/mol. The first-order valence-corrected chi connectivity index (χ1v) is 6.13. The average Bonchev–Trinajstić information content (AvgIpc) is 2.27. The van der Waals surface area contributed by atoms with Gasteiger partial charge in [0.1, 0.15) is 0 Å². The molecule has 0 bridgehead atoms. The van der Waals surface area contributed by atoms with Gasteiger partial charge >= 0.3 is 0 Å². The summed E-state index contributed by atoms with van der Waals surface area (Å²) in [6.45, 7) is 4.99. The molecule has 3 nitrogen and oxygen atoms in total. The van der Waals surface area contributed by atoms with E-state index in [9.17, 15) is 0 Å². The van der Waals surface area contributed by atoms with Crippen LogP contribution in [-0.2, 0) is 0 Å². The molecule has 15 heavy (non-hydrogen) atoms. The van der Waals surface area contributed by atoms with E-state index in [4.69, 9.17) is 12.2 Å². The largest absolute Gasteiger partial charge is 0.362 e. The topological polar surface area (TPSA) is 36.1 Å². The highest BCUT2D eigenvalue weighted by atomic mass is 32.1. The number of hydrazine groups is 1. The molecular weight excluding hydrogens is 206 g/mol. The van der Waals surface area contributed by atoms with E-state index in [-0.39, 0.29) is 0 Å². The normalized spacial score (nSPS) is 15.7. The summed E-state index contributed by atoms with van der Waals surface area (Å²) in [6, 6.07) is 0. The van der Waals surface area contributed by atoms with Gasteiger partial charge in [0.15, 0.2) is 5.11 Å². The molecule has 0 atom stereocenters. The third kappa shape index (κ3) is 4.51. The molecule has 1 aliphatic carbocycles. The lowest BCUT2D eigenvalue weighted by Crippen LogP contribution is -2.43. The highest BCUT2D eigenvalue weighted by Crippen LogP contribution is 2.24. The third-order valence-corrected chi connectivity index (χ3v) is 2.93. The molecule has 1 rings (SSSR count). The summed E-state index contributed by atoms with van der Waals surface area (Å²) < 4.78 is 0. The minimum atomic E-state index is 0.660. The van der Waals surface area contributed by atoms with Crippen molar-refractivity contribution in [2.24, 2.45) is 0 Å². The molecule has 0 aromatic carbocycles. The first-order valence-electron chi connectivity index (χ1n) is 5.72. The van der Waals surface area contributed by atoms with E-state index < -0.39 is 0 Å². The van der Waals surface area contributed by atoms with E-state index in [0.29, 0.717) is 5.11 Å². The molecule has 0 amide bonds. The zero-order valence-corrected chi connectivity index (χ0v) is 10.5. The third-order valence-electron chi connectivity index (χ3n) is 2.69. The zero-order valence-electron chi connectivity index (χ0n) is 9.65. The van der Waals surface area contributed by atoms with Gasteiger partial charge in [0.05, 0.1) is 0 Å². The standard InChI is InChI=1S/C11H21N3S/c1-3-12-11(15)14-13-9(2)10-7-5-4-6-8-10/h13H,3-8H2,1-2H3,(H2,12,14,15). The van der Waals surface area contributed by atoms with Crippen LogP contribution in [0.2, 0.25) is 0 Å². The Balaban J connectivity index is 2.33. The number of allylic oxidation sites excluding steroid dienone is 2. The van der Waals surface area contributed by atoms with E-state index in [0.717, 1.165) is 6.54 Å². The van der Waals surface area contributed by atoms with Crippen LogP contribution in [0.1, 0.15) is 46.0 Å². The fourth-order valence-electron chi connectivity index (χ4n) is 1.80. The van der Waals surface area contributed by atoms with Crippen LogP contribution >= 0.6 is 12.2 Å². The van der Waals surface area contributed by atoms with Crippen molar-refractivity contribution in [3.05, 3.63) is 11.3 Å². The van der Waals surface area contributed by atoms with Gasteiger partial charge < -0.3 is 10.7 Å². The summed E-state index contributed by atoms with van der Waals surface area (Å²) in [7, 11) is 0.